The number of carbonyl (C=O) groups is 1. The van der Waals surface area contributed by atoms with E-state index in [1.165, 1.54) is 18.3 Å². The smallest absolute Gasteiger partial charge is 0.252 e. The van der Waals surface area contributed by atoms with Crippen molar-refractivity contribution in [3.05, 3.63) is 34.2 Å². The monoisotopic (exact) mass is 253 g/mol. The fourth-order valence-electron chi connectivity index (χ4n) is 1.24. The highest BCUT2D eigenvalue weighted by atomic mass is 16.5. The summed E-state index contributed by atoms with van der Waals surface area (Å²) in [6.45, 7) is 2.42. The first-order valence-electron chi connectivity index (χ1n) is 5.79. The number of hydrogen-bond donors (Lipinski definition) is 2. The van der Waals surface area contributed by atoms with Gasteiger partial charge in [0.25, 0.3) is 5.91 Å². The van der Waals surface area contributed by atoms with Gasteiger partial charge in [-0.15, -0.1) is 0 Å². The molecule has 1 aromatic heterocycles. The SMILES string of the molecule is CN(C)CCOCCNC(=O)c1ccc(=O)[nH]c1. The standard InChI is InChI=1S/C12H19N3O3/c1-15(2)6-8-18-7-5-13-12(17)10-3-4-11(16)14-9-10/h3-4,9H,5-8H2,1-2H3,(H,13,17)(H,14,16). The van der Waals surface area contributed by atoms with Crippen LogP contribution in [0.2, 0.25) is 0 Å². The van der Waals surface area contributed by atoms with Crippen LogP contribution in [0.5, 0.6) is 0 Å². The summed E-state index contributed by atoms with van der Waals surface area (Å²) < 4.78 is 5.34. The molecule has 100 valence electrons. The van der Waals surface area contributed by atoms with Crippen LogP contribution in [-0.2, 0) is 4.74 Å². The Bertz CT molecular complexity index is 408. The Hall–Kier alpha value is -1.66. The van der Waals surface area contributed by atoms with Gasteiger partial charge in [-0.05, 0) is 20.2 Å². The average molecular weight is 253 g/mol. The third-order valence-electron chi connectivity index (χ3n) is 2.26. The van der Waals surface area contributed by atoms with Gasteiger partial charge in [-0.2, -0.15) is 0 Å². The van der Waals surface area contributed by atoms with E-state index in [9.17, 15) is 9.59 Å². The van der Waals surface area contributed by atoms with Gasteiger partial charge in [0.2, 0.25) is 5.56 Å². The quantitative estimate of drug-likeness (QED) is 0.653. The number of nitrogens with zero attached hydrogens (tertiary/aromatic N) is 1. The van der Waals surface area contributed by atoms with Crippen molar-refractivity contribution < 1.29 is 9.53 Å². The molecule has 0 aliphatic carbocycles. The van der Waals surface area contributed by atoms with Crippen LogP contribution in [0.1, 0.15) is 10.4 Å². The maximum absolute atomic E-state index is 11.6. The van der Waals surface area contributed by atoms with E-state index in [0.717, 1.165) is 6.54 Å². The van der Waals surface area contributed by atoms with Gasteiger partial charge >= 0.3 is 0 Å². The highest BCUT2D eigenvalue weighted by Crippen LogP contribution is 1.92. The van der Waals surface area contributed by atoms with E-state index >= 15 is 0 Å². The molecule has 6 nitrogen and oxygen atoms in total. The summed E-state index contributed by atoms with van der Waals surface area (Å²) in [5.41, 5.74) is 0.210. The molecule has 0 bridgehead atoms. The van der Waals surface area contributed by atoms with Gasteiger partial charge in [-0.25, -0.2) is 0 Å². The summed E-state index contributed by atoms with van der Waals surface area (Å²) in [5, 5.41) is 2.71. The maximum atomic E-state index is 11.6. The molecule has 0 radical (unpaired) electrons. The topological polar surface area (TPSA) is 74.4 Å². The zero-order chi connectivity index (χ0) is 13.4. The Morgan fingerprint density at radius 1 is 1.39 bits per heavy atom. The fraction of sp³-hybridized carbons (Fsp3) is 0.500. The van der Waals surface area contributed by atoms with Crippen molar-refractivity contribution in [2.24, 2.45) is 0 Å². The zero-order valence-corrected chi connectivity index (χ0v) is 10.7. The molecule has 0 aromatic carbocycles. The van der Waals surface area contributed by atoms with E-state index < -0.39 is 0 Å². The Morgan fingerprint density at radius 3 is 2.78 bits per heavy atom. The summed E-state index contributed by atoms with van der Waals surface area (Å²) in [5.74, 6) is -0.220. The molecule has 0 aliphatic rings. The molecule has 0 fully saturated rings. The number of amides is 1. The van der Waals surface area contributed by atoms with E-state index in [0.29, 0.717) is 25.3 Å². The largest absolute Gasteiger partial charge is 0.378 e. The molecule has 1 aromatic rings. The summed E-state index contributed by atoms with van der Waals surface area (Å²) in [7, 11) is 3.95. The fourth-order valence-corrected chi connectivity index (χ4v) is 1.24. The van der Waals surface area contributed by atoms with E-state index in [4.69, 9.17) is 4.74 Å². The highest BCUT2D eigenvalue weighted by molar-refractivity contribution is 5.93. The second kappa shape index (κ2) is 7.62. The van der Waals surface area contributed by atoms with Crippen LogP contribution < -0.4 is 10.9 Å². The predicted octanol–water partition coefficient (Wildman–Crippen LogP) is -0.317. The lowest BCUT2D eigenvalue weighted by atomic mass is 10.3. The summed E-state index contributed by atoms with van der Waals surface area (Å²) >= 11 is 0. The normalized spacial score (nSPS) is 10.6. The Labute approximate surface area is 106 Å². The predicted molar refractivity (Wildman–Crippen MR) is 68.8 cm³/mol. The van der Waals surface area contributed by atoms with Gasteiger partial charge in [-0.3, -0.25) is 9.59 Å². The van der Waals surface area contributed by atoms with Gasteiger partial charge in [0.15, 0.2) is 0 Å². The minimum absolute atomic E-state index is 0.220. The molecular weight excluding hydrogens is 234 g/mol. The number of nitrogens with one attached hydrogen (secondary N) is 2. The number of likely N-dealkylation sites (N-methyl/N-ethyl adjacent to an activating group) is 1. The van der Waals surface area contributed by atoms with Gasteiger partial charge in [-0.1, -0.05) is 0 Å². The average Bonchev–Trinajstić information content (AvgIpc) is 2.34. The van der Waals surface area contributed by atoms with Crippen LogP contribution in [0.15, 0.2) is 23.1 Å². The third kappa shape index (κ3) is 5.60. The van der Waals surface area contributed by atoms with Gasteiger partial charge < -0.3 is 19.9 Å². The van der Waals surface area contributed by atoms with E-state index in [1.807, 2.05) is 19.0 Å². The molecular formula is C12H19N3O3. The molecule has 0 saturated carbocycles. The number of aromatic nitrogens is 1. The van der Waals surface area contributed by atoms with Crippen LogP contribution in [0, 0.1) is 0 Å². The second-order valence-electron chi connectivity index (χ2n) is 4.11. The van der Waals surface area contributed by atoms with Crippen molar-refractivity contribution in [1.82, 2.24) is 15.2 Å². The number of hydrogen-bond acceptors (Lipinski definition) is 4. The molecule has 0 spiro atoms. The van der Waals surface area contributed by atoms with Crippen LogP contribution in [0.4, 0.5) is 0 Å². The van der Waals surface area contributed by atoms with Gasteiger partial charge in [0.1, 0.15) is 0 Å². The maximum Gasteiger partial charge on any atom is 0.252 e. The van der Waals surface area contributed by atoms with E-state index in [1.54, 1.807) is 0 Å². The van der Waals surface area contributed by atoms with Gasteiger partial charge in [0.05, 0.1) is 18.8 Å². The number of pyridine rings is 1. The number of H-pyrrole nitrogens is 1. The van der Waals surface area contributed by atoms with Crippen molar-refractivity contribution in [3.63, 3.8) is 0 Å². The Balaban J connectivity index is 2.17. The van der Waals surface area contributed by atoms with E-state index in [2.05, 4.69) is 10.3 Å². The molecule has 0 unspecified atom stereocenters. The van der Waals surface area contributed by atoms with E-state index in [-0.39, 0.29) is 11.5 Å². The van der Waals surface area contributed by atoms with Crippen molar-refractivity contribution in [1.29, 1.82) is 0 Å². The van der Waals surface area contributed by atoms with Crippen molar-refractivity contribution in [2.45, 2.75) is 0 Å². The number of rotatable bonds is 7. The number of carbonyl (C=O) groups excluding carboxylic acids is 1. The molecule has 1 heterocycles. The minimum Gasteiger partial charge on any atom is -0.378 e. The molecule has 0 saturated heterocycles. The lowest BCUT2D eigenvalue weighted by Crippen LogP contribution is -2.28. The zero-order valence-electron chi connectivity index (χ0n) is 10.7. The molecule has 0 aliphatic heterocycles. The third-order valence-corrected chi connectivity index (χ3v) is 2.26. The van der Waals surface area contributed by atoms with Crippen molar-refractivity contribution in [3.8, 4) is 0 Å². The molecule has 1 rings (SSSR count). The molecule has 18 heavy (non-hydrogen) atoms. The van der Waals surface area contributed by atoms with Crippen molar-refractivity contribution >= 4 is 5.91 Å². The van der Waals surface area contributed by atoms with Crippen molar-refractivity contribution in [2.75, 3.05) is 40.4 Å². The Morgan fingerprint density at radius 2 is 2.17 bits per heavy atom. The first-order valence-corrected chi connectivity index (χ1v) is 5.79. The van der Waals surface area contributed by atoms with Crippen LogP contribution in [0.3, 0.4) is 0 Å². The van der Waals surface area contributed by atoms with Crippen LogP contribution in [-0.4, -0.2) is 56.2 Å². The summed E-state index contributed by atoms with van der Waals surface area (Å²) in [6, 6.07) is 2.81. The molecule has 1 amide bonds. The molecule has 6 heteroatoms. The molecule has 0 atom stereocenters. The summed E-state index contributed by atoms with van der Waals surface area (Å²) in [4.78, 5) is 26.9. The summed E-state index contributed by atoms with van der Waals surface area (Å²) in [6.07, 6.45) is 1.39. The van der Waals surface area contributed by atoms with Gasteiger partial charge in [0, 0.05) is 25.4 Å². The second-order valence-corrected chi connectivity index (χ2v) is 4.11. The number of aromatic amines is 1. The molecule has 2 N–H and O–H groups in total. The number of ether oxygens (including phenoxy) is 1. The Kier molecular flexibility index (Phi) is 6.10. The lowest BCUT2D eigenvalue weighted by molar-refractivity contribution is 0.0900. The lowest BCUT2D eigenvalue weighted by Gasteiger charge is -2.10. The minimum atomic E-state index is -0.224. The van der Waals surface area contributed by atoms with Crippen LogP contribution >= 0.6 is 0 Å². The first kappa shape index (κ1) is 14.4. The first-order chi connectivity index (χ1) is 8.59. The van der Waals surface area contributed by atoms with Crippen LogP contribution in [0.25, 0.3) is 0 Å². The highest BCUT2D eigenvalue weighted by Gasteiger charge is 2.03.